The third-order valence-electron chi connectivity index (χ3n) is 3.29. The zero-order valence-electron chi connectivity index (χ0n) is 13.3. The van der Waals surface area contributed by atoms with Crippen LogP contribution in [-0.2, 0) is 0 Å². The summed E-state index contributed by atoms with van der Waals surface area (Å²) in [6, 6.07) is 6.37. The number of carbonyl (C=O) groups is 1. The van der Waals surface area contributed by atoms with Crippen LogP contribution in [0.15, 0.2) is 42.0 Å². The lowest BCUT2D eigenvalue weighted by Crippen LogP contribution is -2.26. The van der Waals surface area contributed by atoms with Crippen LogP contribution in [0.4, 0.5) is 18.3 Å². The Morgan fingerprint density at radius 3 is 2.62 bits per heavy atom. The van der Waals surface area contributed by atoms with Crippen molar-refractivity contribution in [2.24, 2.45) is 0 Å². The van der Waals surface area contributed by atoms with Gasteiger partial charge in [0.05, 0.1) is 5.69 Å². The van der Waals surface area contributed by atoms with Crippen LogP contribution >= 0.6 is 11.3 Å². The molecule has 0 atom stereocenters. The van der Waals surface area contributed by atoms with Gasteiger partial charge in [-0.2, -0.15) is 8.78 Å². The molecule has 2 aromatic heterocycles. The monoisotopic (exact) mass is 380 g/mol. The number of carbonyl (C=O) groups excluding carboxylic acids is 1. The molecule has 1 amide bonds. The predicted octanol–water partition coefficient (Wildman–Crippen LogP) is 3.62. The Hall–Kier alpha value is -3.01. The maximum absolute atomic E-state index is 13.0. The summed E-state index contributed by atoms with van der Waals surface area (Å²) < 4.78 is 41.8. The lowest BCUT2D eigenvalue weighted by molar-refractivity contribution is -0.0528. The first-order chi connectivity index (χ1) is 12.4. The van der Waals surface area contributed by atoms with Gasteiger partial charge < -0.3 is 4.74 Å². The highest BCUT2D eigenvalue weighted by molar-refractivity contribution is 7.14. The van der Waals surface area contributed by atoms with Gasteiger partial charge in [-0.05, 0) is 24.3 Å². The molecule has 0 bridgehead atoms. The lowest BCUT2D eigenvalue weighted by Gasteiger charge is -2.13. The maximum Gasteiger partial charge on any atom is 0.388 e. The van der Waals surface area contributed by atoms with E-state index in [1.807, 2.05) is 0 Å². The maximum atomic E-state index is 13.0. The molecule has 3 aromatic rings. The molecule has 0 unspecified atom stereocenters. The van der Waals surface area contributed by atoms with Crippen molar-refractivity contribution in [2.45, 2.75) is 6.61 Å². The Bertz CT molecular complexity index is 918. The second kappa shape index (κ2) is 7.48. The van der Waals surface area contributed by atoms with Crippen molar-refractivity contribution in [3.8, 4) is 17.3 Å². The Labute approximate surface area is 149 Å². The summed E-state index contributed by atoms with van der Waals surface area (Å²) in [5.74, 6) is -1.09. The number of rotatable bonds is 5. The summed E-state index contributed by atoms with van der Waals surface area (Å²) >= 11 is 1.17. The van der Waals surface area contributed by atoms with Crippen molar-refractivity contribution in [3.63, 3.8) is 0 Å². The fourth-order valence-corrected chi connectivity index (χ4v) is 2.83. The van der Waals surface area contributed by atoms with E-state index in [1.54, 1.807) is 5.38 Å². The predicted molar refractivity (Wildman–Crippen MR) is 88.9 cm³/mol. The number of ether oxygens (including phenoxy) is 1. The van der Waals surface area contributed by atoms with E-state index >= 15 is 0 Å². The van der Waals surface area contributed by atoms with Crippen LogP contribution in [0, 0.1) is 5.82 Å². The van der Waals surface area contributed by atoms with Gasteiger partial charge in [-0.3, -0.25) is 9.69 Å². The van der Waals surface area contributed by atoms with Gasteiger partial charge in [-0.15, -0.1) is 11.3 Å². The number of anilines is 1. The van der Waals surface area contributed by atoms with Crippen molar-refractivity contribution in [2.75, 3.05) is 11.9 Å². The van der Waals surface area contributed by atoms with Crippen molar-refractivity contribution in [1.82, 2.24) is 15.0 Å². The van der Waals surface area contributed by atoms with Gasteiger partial charge in [0.2, 0.25) is 5.88 Å². The standard InChI is InChI=1S/C16H11F3N4O2S/c1-23(14(24)9-2-4-10(17)5-3-9)16-22-12(7-26-16)11-6-13(21-8-20-11)25-15(18)19/h2-8,15H,1H3. The van der Waals surface area contributed by atoms with Gasteiger partial charge in [-0.1, -0.05) is 0 Å². The fraction of sp³-hybridized carbons (Fsp3) is 0.125. The summed E-state index contributed by atoms with van der Waals surface area (Å²) in [5.41, 5.74) is 0.964. The van der Waals surface area contributed by atoms with Crippen molar-refractivity contribution in [1.29, 1.82) is 0 Å². The molecular formula is C16H11F3N4O2S. The quantitative estimate of drug-likeness (QED) is 0.676. The molecule has 0 spiro atoms. The first kappa shape index (κ1) is 17.8. The second-order valence-electron chi connectivity index (χ2n) is 5.01. The highest BCUT2D eigenvalue weighted by Crippen LogP contribution is 2.28. The molecule has 2 heterocycles. The summed E-state index contributed by atoms with van der Waals surface area (Å²) in [5, 5.41) is 1.99. The molecule has 0 aliphatic heterocycles. The number of thiazole rings is 1. The van der Waals surface area contributed by atoms with E-state index in [4.69, 9.17) is 0 Å². The van der Waals surface area contributed by atoms with Crippen LogP contribution in [0.3, 0.4) is 0 Å². The molecule has 0 saturated carbocycles. The highest BCUT2D eigenvalue weighted by atomic mass is 32.1. The normalized spacial score (nSPS) is 10.8. The molecule has 0 N–H and O–H groups in total. The molecule has 134 valence electrons. The zero-order valence-corrected chi connectivity index (χ0v) is 14.1. The average Bonchev–Trinajstić information content (AvgIpc) is 3.11. The molecule has 10 heteroatoms. The molecule has 3 rings (SSSR count). The Morgan fingerprint density at radius 1 is 1.19 bits per heavy atom. The molecule has 0 fully saturated rings. The number of alkyl halides is 2. The zero-order chi connectivity index (χ0) is 18.7. The molecule has 0 radical (unpaired) electrons. The summed E-state index contributed by atoms with van der Waals surface area (Å²) in [7, 11) is 1.53. The minimum absolute atomic E-state index is 0.279. The van der Waals surface area contributed by atoms with E-state index in [2.05, 4.69) is 19.7 Å². The summed E-state index contributed by atoms with van der Waals surface area (Å²) in [6.07, 6.45) is 1.08. The summed E-state index contributed by atoms with van der Waals surface area (Å²) in [4.78, 5) is 25.6. The largest absolute Gasteiger partial charge is 0.417 e. The number of aromatic nitrogens is 3. The van der Waals surface area contributed by atoms with Gasteiger partial charge in [0.25, 0.3) is 5.91 Å². The van der Waals surface area contributed by atoms with Gasteiger partial charge in [0.1, 0.15) is 17.8 Å². The average molecular weight is 380 g/mol. The number of benzene rings is 1. The first-order valence-electron chi connectivity index (χ1n) is 7.20. The van der Waals surface area contributed by atoms with E-state index in [0.29, 0.717) is 16.4 Å². The van der Waals surface area contributed by atoms with Gasteiger partial charge >= 0.3 is 6.61 Å². The molecule has 6 nitrogen and oxygen atoms in total. The second-order valence-corrected chi connectivity index (χ2v) is 5.84. The number of halogens is 3. The minimum Gasteiger partial charge on any atom is -0.417 e. The van der Waals surface area contributed by atoms with Gasteiger partial charge in [-0.25, -0.2) is 19.3 Å². The minimum atomic E-state index is -3.00. The van der Waals surface area contributed by atoms with E-state index < -0.39 is 12.4 Å². The van der Waals surface area contributed by atoms with Crippen LogP contribution in [-0.4, -0.2) is 34.5 Å². The molecule has 0 saturated heterocycles. The van der Waals surface area contributed by atoms with Crippen LogP contribution < -0.4 is 9.64 Å². The van der Waals surface area contributed by atoms with E-state index in [9.17, 15) is 18.0 Å². The molecule has 0 aliphatic carbocycles. The number of hydrogen-bond donors (Lipinski definition) is 0. The smallest absolute Gasteiger partial charge is 0.388 e. The van der Waals surface area contributed by atoms with E-state index in [-0.39, 0.29) is 17.5 Å². The highest BCUT2D eigenvalue weighted by Gasteiger charge is 2.18. The first-order valence-corrected chi connectivity index (χ1v) is 8.08. The van der Waals surface area contributed by atoms with Crippen LogP contribution in [0.25, 0.3) is 11.4 Å². The molecule has 1 aromatic carbocycles. The summed E-state index contributed by atoms with van der Waals surface area (Å²) in [6.45, 7) is -3.00. The Morgan fingerprint density at radius 2 is 1.92 bits per heavy atom. The molecule has 0 aliphatic rings. The van der Waals surface area contributed by atoms with Crippen LogP contribution in [0.2, 0.25) is 0 Å². The molecular weight excluding hydrogens is 369 g/mol. The SMILES string of the molecule is CN(C(=O)c1ccc(F)cc1)c1nc(-c2cc(OC(F)F)ncn2)cs1. The van der Waals surface area contributed by atoms with Gasteiger partial charge in [0, 0.05) is 24.1 Å². The lowest BCUT2D eigenvalue weighted by atomic mass is 10.2. The van der Waals surface area contributed by atoms with Crippen molar-refractivity contribution in [3.05, 3.63) is 53.4 Å². The van der Waals surface area contributed by atoms with Crippen molar-refractivity contribution >= 4 is 22.4 Å². The van der Waals surface area contributed by atoms with Gasteiger partial charge in [0.15, 0.2) is 5.13 Å². The number of nitrogens with zero attached hydrogens (tertiary/aromatic N) is 4. The van der Waals surface area contributed by atoms with E-state index in [1.165, 1.54) is 53.6 Å². The number of hydrogen-bond acceptors (Lipinski definition) is 6. The fourth-order valence-electron chi connectivity index (χ4n) is 2.04. The Kier molecular flexibility index (Phi) is 5.12. The third-order valence-corrected chi connectivity index (χ3v) is 4.21. The van der Waals surface area contributed by atoms with E-state index in [0.717, 1.165) is 6.33 Å². The third kappa shape index (κ3) is 3.97. The van der Waals surface area contributed by atoms with Crippen LogP contribution in [0.5, 0.6) is 5.88 Å². The Balaban J connectivity index is 1.81. The van der Waals surface area contributed by atoms with Crippen molar-refractivity contribution < 1.29 is 22.7 Å². The number of amides is 1. The molecule has 26 heavy (non-hydrogen) atoms. The van der Waals surface area contributed by atoms with Crippen LogP contribution in [0.1, 0.15) is 10.4 Å². The topological polar surface area (TPSA) is 68.2 Å².